The predicted molar refractivity (Wildman–Crippen MR) is 85.7 cm³/mol. The Hall–Kier alpha value is -0.950. The normalized spacial score (nSPS) is 23.9. The van der Waals surface area contributed by atoms with Crippen molar-refractivity contribution in [2.75, 3.05) is 19.8 Å². The molecule has 0 spiro atoms. The number of hydrogen-bond acceptors (Lipinski definition) is 3. The molecule has 1 saturated carbocycles. The molecular formula is C16H24N2O3S. The zero-order valence-corrected chi connectivity index (χ0v) is 14.1. The van der Waals surface area contributed by atoms with E-state index in [0.717, 1.165) is 24.0 Å². The Kier molecular flexibility index (Phi) is 4.54. The second-order valence-corrected chi connectivity index (χ2v) is 8.14. The van der Waals surface area contributed by atoms with Crippen molar-refractivity contribution in [3.05, 3.63) is 35.4 Å². The molecule has 22 heavy (non-hydrogen) atoms. The number of ether oxygens (including phenoxy) is 1. The summed E-state index contributed by atoms with van der Waals surface area (Å²) in [5.41, 5.74) is 2.21. The molecule has 2 aliphatic rings. The van der Waals surface area contributed by atoms with Crippen molar-refractivity contribution >= 4 is 10.2 Å². The van der Waals surface area contributed by atoms with E-state index in [4.69, 9.17) is 4.74 Å². The molecule has 0 amide bonds. The molecule has 3 rings (SSSR count). The Labute approximate surface area is 133 Å². The number of hydrogen-bond donors (Lipinski definition) is 0. The van der Waals surface area contributed by atoms with E-state index in [0.29, 0.717) is 26.3 Å². The van der Waals surface area contributed by atoms with E-state index in [1.54, 1.807) is 8.61 Å². The third kappa shape index (κ3) is 3.35. The summed E-state index contributed by atoms with van der Waals surface area (Å²) in [6.45, 7) is 5.80. The zero-order valence-electron chi connectivity index (χ0n) is 13.2. The highest BCUT2D eigenvalue weighted by molar-refractivity contribution is 7.86. The topological polar surface area (TPSA) is 49.9 Å². The lowest BCUT2D eigenvalue weighted by Crippen LogP contribution is -2.53. The summed E-state index contributed by atoms with van der Waals surface area (Å²) >= 11 is 0. The number of morpholine rings is 1. The Morgan fingerprint density at radius 1 is 1.36 bits per heavy atom. The van der Waals surface area contributed by atoms with Crippen LogP contribution >= 0.6 is 0 Å². The van der Waals surface area contributed by atoms with E-state index in [2.05, 4.69) is 6.07 Å². The number of aryl methyl sites for hydroxylation is 1. The summed E-state index contributed by atoms with van der Waals surface area (Å²) in [6, 6.07) is 8.13. The van der Waals surface area contributed by atoms with Crippen LogP contribution in [-0.4, -0.2) is 48.9 Å². The molecule has 1 aromatic rings. The quantitative estimate of drug-likeness (QED) is 0.831. The van der Waals surface area contributed by atoms with Gasteiger partial charge in [-0.1, -0.05) is 29.8 Å². The predicted octanol–water partition coefficient (Wildman–Crippen LogP) is 1.92. The Bertz CT molecular complexity index is 628. The van der Waals surface area contributed by atoms with Gasteiger partial charge in [-0.05, 0) is 32.3 Å². The molecule has 1 aliphatic heterocycles. The lowest BCUT2D eigenvalue weighted by Gasteiger charge is -2.36. The maximum atomic E-state index is 13.1. The van der Waals surface area contributed by atoms with Gasteiger partial charge < -0.3 is 4.74 Å². The Morgan fingerprint density at radius 2 is 2.14 bits per heavy atom. The van der Waals surface area contributed by atoms with Gasteiger partial charge in [0.15, 0.2) is 0 Å². The summed E-state index contributed by atoms with van der Waals surface area (Å²) in [5, 5.41) is 0. The second-order valence-electron chi connectivity index (χ2n) is 6.31. The summed E-state index contributed by atoms with van der Waals surface area (Å²) in [6.07, 6.45) is 1.92. The maximum absolute atomic E-state index is 13.1. The van der Waals surface area contributed by atoms with E-state index in [-0.39, 0.29) is 12.1 Å². The zero-order chi connectivity index (χ0) is 15.7. The first-order chi connectivity index (χ1) is 10.5. The largest absolute Gasteiger partial charge is 0.378 e. The van der Waals surface area contributed by atoms with Gasteiger partial charge in [0.1, 0.15) is 0 Å². The second kappa shape index (κ2) is 6.28. The van der Waals surface area contributed by atoms with Gasteiger partial charge in [-0.3, -0.25) is 0 Å². The molecule has 1 aromatic carbocycles. The van der Waals surface area contributed by atoms with Crippen LogP contribution in [0.2, 0.25) is 0 Å². The maximum Gasteiger partial charge on any atom is 0.282 e. The van der Waals surface area contributed by atoms with Crippen LogP contribution in [0.4, 0.5) is 0 Å². The van der Waals surface area contributed by atoms with Gasteiger partial charge in [0.25, 0.3) is 10.2 Å². The van der Waals surface area contributed by atoms with E-state index in [1.165, 1.54) is 0 Å². The van der Waals surface area contributed by atoms with Gasteiger partial charge >= 0.3 is 0 Å². The van der Waals surface area contributed by atoms with E-state index in [9.17, 15) is 8.42 Å². The minimum Gasteiger partial charge on any atom is -0.378 e. The van der Waals surface area contributed by atoms with Gasteiger partial charge in [0.05, 0.1) is 13.2 Å². The van der Waals surface area contributed by atoms with Gasteiger partial charge in [-0.25, -0.2) is 0 Å². The van der Waals surface area contributed by atoms with Gasteiger partial charge in [0, 0.05) is 25.2 Å². The monoisotopic (exact) mass is 324 g/mol. The molecule has 5 nitrogen and oxygen atoms in total. The summed E-state index contributed by atoms with van der Waals surface area (Å²) in [5.74, 6) is 0. The molecule has 6 heteroatoms. The fraction of sp³-hybridized carbons (Fsp3) is 0.625. The highest BCUT2D eigenvalue weighted by Crippen LogP contribution is 2.33. The molecule has 1 aliphatic carbocycles. The molecule has 1 saturated heterocycles. The van der Waals surface area contributed by atoms with Gasteiger partial charge in [-0.15, -0.1) is 0 Å². The van der Waals surface area contributed by atoms with Crippen molar-refractivity contribution in [3.8, 4) is 0 Å². The molecule has 2 fully saturated rings. The van der Waals surface area contributed by atoms with Crippen molar-refractivity contribution < 1.29 is 13.2 Å². The van der Waals surface area contributed by atoms with Crippen LogP contribution in [0, 0.1) is 6.92 Å². The van der Waals surface area contributed by atoms with Crippen molar-refractivity contribution in [2.24, 2.45) is 0 Å². The van der Waals surface area contributed by atoms with Crippen LogP contribution in [0.15, 0.2) is 24.3 Å². The standard InChI is InChI=1S/C16H24N2O3S/c1-13-4-3-5-15(10-13)11-18(16-6-7-16)22(19,20)17-8-9-21-12-14(17)2/h3-5,10,14,16H,6-9,11-12H2,1-2H3/t14-/m1/s1. The average molecular weight is 324 g/mol. The van der Waals surface area contributed by atoms with Crippen molar-refractivity contribution in [1.29, 1.82) is 0 Å². The average Bonchev–Trinajstić information content (AvgIpc) is 3.29. The molecule has 0 unspecified atom stereocenters. The van der Waals surface area contributed by atoms with Crippen molar-refractivity contribution in [2.45, 2.75) is 45.3 Å². The smallest absolute Gasteiger partial charge is 0.282 e. The SMILES string of the molecule is Cc1cccc(CN(C2CC2)S(=O)(=O)N2CCOC[C@H]2C)c1. The third-order valence-corrected chi connectivity index (χ3v) is 6.43. The van der Waals surface area contributed by atoms with Crippen LogP contribution < -0.4 is 0 Å². The molecule has 122 valence electrons. The molecule has 1 atom stereocenters. The van der Waals surface area contributed by atoms with Gasteiger partial charge in [0.2, 0.25) is 0 Å². The number of rotatable bonds is 5. The van der Waals surface area contributed by atoms with Crippen LogP contribution in [0.5, 0.6) is 0 Å². The van der Waals surface area contributed by atoms with E-state index < -0.39 is 10.2 Å². The van der Waals surface area contributed by atoms with Crippen molar-refractivity contribution in [1.82, 2.24) is 8.61 Å². The first-order valence-electron chi connectivity index (χ1n) is 7.90. The fourth-order valence-electron chi connectivity index (χ4n) is 2.94. The highest BCUT2D eigenvalue weighted by Gasteiger charge is 2.42. The summed E-state index contributed by atoms with van der Waals surface area (Å²) in [7, 11) is -3.43. The lowest BCUT2D eigenvalue weighted by molar-refractivity contribution is 0.0360. The van der Waals surface area contributed by atoms with Crippen LogP contribution in [-0.2, 0) is 21.5 Å². The summed E-state index contributed by atoms with van der Waals surface area (Å²) < 4.78 is 34.8. The highest BCUT2D eigenvalue weighted by atomic mass is 32.2. The molecule has 1 heterocycles. The van der Waals surface area contributed by atoms with Crippen molar-refractivity contribution in [3.63, 3.8) is 0 Å². The van der Waals surface area contributed by atoms with Gasteiger partial charge in [-0.2, -0.15) is 17.0 Å². The minimum atomic E-state index is -3.43. The number of nitrogens with zero attached hydrogens (tertiary/aromatic N) is 2. The first-order valence-corrected chi connectivity index (χ1v) is 9.30. The van der Waals surface area contributed by atoms with Crippen LogP contribution in [0.25, 0.3) is 0 Å². The van der Waals surface area contributed by atoms with Crippen LogP contribution in [0.1, 0.15) is 30.9 Å². The van der Waals surface area contributed by atoms with E-state index in [1.807, 2.05) is 32.0 Å². The summed E-state index contributed by atoms with van der Waals surface area (Å²) in [4.78, 5) is 0. The molecule has 0 aromatic heterocycles. The first kappa shape index (κ1) is 15.9. The molecular weight excluding hydrogens is 300 g/mol. The lowest BCUT2D eigenvalue weighted by atomic mass is 10.1. The fourth-order valence-corrected chi connectivity index (χ4v) is 4.93. The minimum absolute atomic E-state index is 0.0995. The third-order valence-electron chi connectivity index (χ3n) is 4.27. The Balaban J connectivity index is 1.83. The Morgan fingerprint density at radius 3 is 2.77 bits per heavy atom. The van der Waals surface area contributed by atoms with Crippen LogP contribution in [0.3, 0.4) is 0 Å². The molecule has 0 bridgehead atoms. The molecule has 0 radical (unpaired) electrons. The number of benzene rings is 1. The van der Waals surface area contributed by atoms with E-state index >= 15 is 0 Å². The molecule has 0 N–H and O–H groups in total.